The molecule has 3 rings (SSSR count). The molecule has 1 saturated carbocycles. The minimum absolute atomic E-state index is 0.0176. The van der Waals surface area contributed by atoms with Crippen LogP contribution in [0.25, 0.3) is 0 Å². The van der Waals surface area contributed by atoms with Crippen LogP contribution in [0.1, 0.15) is 51.9 Å². The molecule has 0 bridgehead atoms. The Labute approximate surface area is 139 Å². The fraction of sp³-hybridized carbons (Fsp3) is 0.889. The number of aliphatic hydroxyl groups is 1. The summed E-state index contributed by atoms with van der Waals surface area (Å²) in [5, 5.41) is 9.74. The zero-order chi connectivity index (χ0) is 16.4. The van der Waals surface area contributed by atoms with E-state index in [-0.39, 0.29) is 29.8 Å². The highest BCUT2D eigenvalue weighted by Gasteiger charge is 2.49. The highest BCUT2D eigenvalue weighted by atomic mass is 16.3. The van der Waals surface area contributed by atoms with Gasteiger partial charge in [-0.1, -0.05) is 19.3 Å². The average Bonchev–Trinajstić information content (AvgIpc) is 2.94. The number of amides is 2. The molecule has 2 heterocycles. The standard InChI is InChI=1S/C18H30N2O3/c1-14(22)20-11-16(12-21)18(13-20)7-9-19(10-8-18)17(23)15-5-3-2-4-6-15/h15-16,21H,2-13H2,1H3. The van der Waals surface area contributed by atoms with Gasteiger partial charge < -0.3 is 14.9 Å². The summed E-state index contributed by atoms with van der Waals surface area (Å²) in [6.45, 7) is 4.74. The molecule has 3 aliphatic rings. The zero-order valence-electron chi connectivity index (χ0n) is 14.3. The molecular formula is C18H30N2O3. The van der Waals surface area contributed by atoms with Gasteiger partial charge in [-0.15, -0.1) is 0 Å². The first-order valence-corrected chi connectivity index (χ1v) is 9.21. The number of rotatable bonds is 2. The van der Waals surface area contributed by atoms with Gasteiger partial charge in [-0.25, -0.2) is 0 Å². The molecule has 1 atom stereocenters. The molecule has 23 heavy (non-hydrogen) atoms. The van der Waals surface area contributed by atoms with E-state index < -0.39 is 0 Å². The molecule has 2 aliphatic heterocycles. The van der Waals surface area contributed by atoms with E-state index in [0.717, 1.165) is 45.3 Å². The smallest absolute Gasteiger partial charge is 0.225 e. The normalized spacial score (nSPS) is 28.3. The van der Waals surface area contributed by atoms with E-state index in [4.69, 9.17) is 0 Å². The van der Waals surface area contributed by atoms with Crippen molar-refractivity contribution in [2.75, 3.05) is 32.8 Å². The molecule has 2 saturated heterocycles. The Kier molecular flexibility index (Phi) is 4.95. The molecule has 5 heteroatoms. The number of nitrogens with zero attached hydrogens (tertiary/aromatic N) is 2. The van der Waals surface area contributed by atoms with Crippen molar-refractivity contribution in [3.8, 4) is 0 Å². The molecule has 1 spiro atoms. The fourth-order valence-electron chi connectivity index (χ4n) is 4.87. The Morgan fingerprint density at radius 3 is 2.30 bits per heavy atom. The summed E-state index contributed by atoms with van der Waals surface area (Å²) in [4.78, 5) is 28.3. The Morgan fingerprint density at radius 2 is 1.74 bits per heavy atom. The monoisotopic (exact) mass is 322 g/mol. The number of carbonyl (C=O) groups excluding carboxylic acids is 2. The number of hydrogen-bond acceptors (Lipinski definition) is 3. The quantitative estimate of drug-likeness (QED) is 0.841. The second kappa shape index (κ2) is 6.80. The highest BCUT2D eigenvalue weighted by molar-refractivity contribution is 5.79. The van der Waals surface area contributed by atoms with Crippen LogP contribution < -0.4 is 0 Å². The molecule has 5 nitrogen and oxygen atoms in total. The van der Waals surface area contributed by atoms with Crippen molar-refractivity contribution in [2.45, 2.75) is 51.9 Å². The lowest BCUT2D eigenvalue weighted by molar-refractivity contribution is -0.139. The van der Waals surface area contributed by atoms with Crippen LogP contribution in [-0.4, -0.2) is 59.5 Å². The van der Waals surface area contributed by atoms with Crippen molar-refractivity contribution in [2.24, 2.45) is 17.3 Å². The fourth-order valence-corrected chi connectivity index (χ4v) is 4.87. The molecule has 0 aromatic carbocycles. The minimum Gasteiger partial charge on any atom is -0.396 e. The number of piperidine rings is 1. The van der Waals surface area contributed by atoms with E-state index >= 15 is 0 Å². The third-order valence-electron chi connectivity index (χ3n) is 6.50. The van der Waals surface area contributed by atoms with Gasteiger partial charge in [0.25, 0.3) is 0 Å². The summed E-state index contributed by atoms with van der Waals surface area (Å²) in [5.74, 6) is 0.852. The predicted octanol–water partition coefficient (Wildman–Crippen LogP) is 1.65. The number of aliphatic hydroxyl groups excluding tert-OH is 1. The molecule has 0 aromatic heterocycles. The number of hydrogen-bond donors (Lipinski definition) is 1. The van der Waals surface area contributed by atoms with Gasteiger partial charge in [-0.3, -0.25) is 9.59 Å². The lowest BCUT2D eigenvalue weighted by Crippen LogP contribution is -2.48. The van der Waals surface area contributed by atoms with Crippen LogP contribution >= 0.6 is 0 Å². The van der Waals surface area contributed by atoms with Crippen LogP contribution in [0.3, 0.4) is 0 Å². The van der Waals surface area contributed by atoms with E-state index in [1.165, 1.54) is 19.3 Å². The number of carbonyl (C=O) groups is 2. The van der Waals surface area contributed by atoms with E-state index in [1.54, 1.807) is 6.92 Å². The molecule has 1 aliphatic carbocycles. The van der Waals surface area contributed by atoms with Gasteiger partial charge in [0.05, 0.1) is 0 Å². The molecule has 3 fully saturated rings. The Hall–Kier alpha value is -1.10. The van der Waals surface area contributed by atoms with E-state index in [0.29, 0.717) is 12.5 Å². The van der Waals surface area contributed by atoms with Crippen molar-refractivity contribution in [1.82, 2.24) is 9.80 Å². The largest absolute Gasteiger partial charge is 0.396 e. The average molecular weight is 322 g/mol. The van der Waals surface area contributed by atoms with Crippen molar-refractivity contribution < 1.29 is 14.7 Å². The highest BCUT2D eigenvalue weighted by Crippen LogP contribution is 2.45. The van der Waals surface area contributed by atoms with E-state index in [9.17, 15) is 14.7 Å². The summed E-state index contributed by atoms with van der Waals surface area (Å²) >= 11 is 0. The van der Waals surface area contributed by atoms with Crippen LogP contribution in [0.4, 0.5) is 0 Å². The maximum absolute atomic E-state index is 12.7. The lowest BCUT2D eigenvalue weighted by Gasteiger charge is -2.43. The SMILES string of the molecule is CC(=O)N1CC(CO)C2(CCN(C(=O)C3CCCCC3)CC2)C1. The maximum atomic E-state index is 12.7. The minimum atomic E-state index is 0.0176. The first kappa shape index (κ1) is 16.7. The van der Waals surface area contributed by atoms with Crippen LogP contribution in [0.2, 0.25) is 0 Å². The molecular weight excluding hydrogens is 292 g/mol. The Bertz CT molecular complexity index is 451. The van der Waals surface area contributed by atoms with E-state index in [2.05, 4.69) is 0 Å². The third kappa shape index (κ3) is 3.25. The Balaban J connectivity index is 1.60. The number of likely N-dealkylation sites (tertiary alicyclic amines) is 2. The van der Waals surface area contributed by atoms with Gasteiger partial charge in [-0.2, -0.15) is 0 Å². The van der Waals surface area contributed by atoms with Crippen molar-refractivity contribution in [3.05, 3.63) is 0 Å². The lowest BCUT2D eigenvalue weighted by atomic mass is 9.71. The molecule has 0 aromatic rings. The van der Waals surface area contributed by atoms with Gasteiger partial charge in [0, 0.05) is 51.5 Å². The van der Waals surface area contributed by atoms with Crippen molar-refractivity contribution >= 4 is 11.8 Å². The molecule has 1 unspecified atom stereocenters. The van der Waals surface area contributed by atoms with Gasteiger partial charge in [0.15, 0.2) is 0 Å². The van der Waals surface area contributed by atoms with Crippen LogP contribution in [-0.2, 0) is 9.59 Å². The molecule has 0 radical (unpaired) electrons. The summed E-state index contributed by atoms with van der Waals surface area (Å²) < 4.78 is 0. The van der Waals surface area contributed by atoms with Crippen LogP contribution in [0.15, 0.2) is 0 Å². The summed E-state index contributed by atoms with van der Waals surface area (Å²) in [6.07, 6.45) is 7.59. The van der Waals surface area contributed by atoms with Gasteiger partial charge in [0.2, 0.25) is 11.8 Å². The summed E-state index contributed by atoms with van der Waals surface area (Å²) in [7, 11) is 0. The summed E-state index contributed by atoms with van der Waals surface area (Å²) in [5.41, 5.74) is 0.0176. The molecule has 1 N–H and O–H groups in total. The Morgan fingerprint density at radius 1 is 1.09 bits per heavy atom. The first-order chi connectivity index (χ1) is 11.1. The van der Waals surface area contributed by atoms with Crippen LogP contribution in [0.5, 0.6) is 0 Å². The van der Waals surface area contributed by atoms with Gasteiger partial charge >= 0.3 is 0 Å². The maximum Gasteiger partial charge on any atom is 0.225 e. The van der Waals surface area contributed by atoms with E-state index in [1.807, 2.05) is 9.80 Å². The van der Waals surface area contributed by atoms with Gasteiger partial charge in [-0.05, 0) is 31.1 Å². The molecule has 2 amide bonds. The molecule has 130 valence electrons. The van der Waals surface area contributed by atoms with Crippen molar-refractivity contribution in [1.29, 1.82) is 0 Å². The van der Waals surface area contributed by atoms with Gasteiger partial charge in [0.1, 0.15) is 0 Å². The topological polar surface area (TPSA) is 60.9 Å². The summed E-state index contributed by atoms with van der Waals surface area (Å²) in [6, 6.07) is 0. The van der Waals surface area contributed by atoms with Crippen LogP contribution in [0, 0.1) is 17.3 Å². The predicted molar refractivity (Wildman–Crippen MR) is 87.7 cm³/mol. The van der Waals surface area contributed by atoms with Crippen molar-refractivity contribution in [3.63, 3.8) is 0 Å². The second-order valence-electron chi connectivity index (χ2n) is 7.80. The zero-order valence-corrected chi connectivity index (χ0v) is 14.3. The second-order valence-corrected chi connectivity index (χ2v) is 7.80. The first-order valence-electron chi connectivity index (χ1n) is 9.21. The third-order valence-corrected chi connectivity index (χ3v) is 6.50.